The van der Waals surface area contributed by atoms with Gasteiger partial charge in [-0.15, -0.1) is 0 Å². The highest BCUT2D eigenvalue weighted by Crippen LogP contribution is 2.37. The number of nitrogens with zero attached hydrogens (tertiary/aromatic N) is 3. The van der Waals surface area contributed by atoms with Gasteiger partial charge in [-0.05, 0) is 49.2 Å². The van der Waals surface area contributed by atoms with Crippen LogP contribution in [0.3, 0.4) is 0 Å². The Morgan fingerprint density at radius 1 is 1.12 bits per heavy atom. The van der Waals surface area contributed by atoms with Gasteiger partial charge in [-0.3, -0.25) is 9.78 Å². The van der Waals surface area contributed by atoms with Gasteiger partial charge in [-0.25, -0.2) is 4.98 Å². The molecule has 1 N–H and O–H groups in total. The Bertz CT molecular complexity index is 926. The molecule has 1 amide bonds. The molecule has 1 aliphatic rings. The Morgan fingerprint density at radius 3 is 2.81 bits per heavy atom. The number of nitrogens with one attached hydrogen (secondary N) is 1. The monoisotopic (exact) mass is 344 g/mol. The highest BCUT2D eigenvalue weighted by molar-refractivity contribution is 5.92. The van der Waals surface area contributed by atoms with Crippen LogP contribution in [0.25, 0.3) is 0 Å². The smallest absolute Gasteiger partial charge is 0.270 e. The summed E-state index contributed by atoms with van der Waals surface area (Å²) >= 11 is 0. The first-order valence-corrected chi connectivity index (χ1v) is 8.74. The molecule has 4 rings (SSSR count). The zero-order valence-corrected chi connectivity index (χ0v) is 14.6. The number of carbonyl (C=O) groups is 1. The van der Waals surface area contributed by atoms with Gasteiger partial charge in [-0.1, -0.05) is 30.3 Å². The molecule has 0 saturated carbocycles. The Hall–Kier alpha value is -3.21. The van der Waals surface area contributed by atoms with Crippen molar-refractivity contribution in [2.75, 3.05) is 4.90 Å². The lowest BCUT2D eigenvalue weighted by atomic mass is 10.1. The molecule has 0 spiro atoms. The van der Waals surface area contributed by atoms with Crippen molar-refractivity contribution in [1.82, 2.24) is 15.3 Å². The first-order valence-electron chi connectivity index (χ1n) is 8.74. The van der Waals surface area contributed by atoms with E-state index >= 15 is 0 Å². The molecule has 1 aliphatic heterocycles. The predicted octanol–water partition coefficient (Wildman–Crippen LogP) is 3.49. The van der Waals surface area contributed by atoms with E-state index in [4.69, 9.17) is 0 Å². The second-order valence-electron chi connectivity index (χ2n) is 6.44. The number of rotatable bonds is 4. The molecular formula is C21H20N4O. The van der Waals surface area contributed by atoms with Crippen molar-refractivity contribution < 1.29 is 4.79 Å². The first-order chi connectivity index (χ1) is 12.7. The van der Waals surface area contributed by atoms with Crippen molar-refractivity contribution in [1.29, 1.82) is 0 Å². The molecule has 0 fully saturated rings. The number of anilines is 2. The number of hydrogen-bond acceptors (Lipinski definition) is 4. The SMILES string of the molecule is CC1Cc2ccccc2N1c1cccc(C(=O)NCc2ccccn2)n1. The second-order valence-corrected chi connectivity index (χ2v) is 6.44. The number of pyridine rings is 2. The number of aromatic nitrogens is 2. The van der Waals surface area contributed by atoms with E-state index in [0.29, 0.717) is 18.3 Å². The third kappa shape index (κ3) is 3.16. The molecule has 26 heavy (non-hydrogen) atoms. The molecule has 1 unspecified atom stereocenters. The van der Waals surface area contributed by atoms with E-state index in [0.717, 1.165) is 17.9 Å². The van der Waals surface area contributed by atoms with Crippen LogP contribution in [0.4, 0.5) is 11.5 Å². The highest BCUT2D eigenvalue weighted by Gasteiger charge is 2.27. The lowest BCUT2D eigenvalue weighted by Crippen LogP contribution is -2.27. The van der Waals surface area contributed by atoms with Crippen molar-refractivity contribution in [2.24, 2.45) is 0 Å². The van der Waals surface area contributed by atoms with Crippen LogP contribution >= 0.6 is 0 Å². The van der Waals surface area contributed by atoms with Gasteiger partial charge >= 0.3 is 0 Å². The van der Waals surface area contributed by atoms with Crippen LogP contribution in [0.2, 0.25) is 0 Å². The average molecular weight is 344 g/mol. The molecule has 130 valence electrons. The van der Waals surface area contributed by atoms with Crippen LogP contribution in [0.15, 0.2) is 66.9 Å². The summed E-state index contributed by atoms with van der Waals surface area (Å²) in [5.74, 6) is 0.602. The van der Waals surface area contributed by atoms with Gasteiger partial charge in [-0.2, -0.15) is 0 Å². The predicted molar refractivity (Wildman–Crippen MR) is 101 cm³/mol. The van der Waals surface area contributed by atoms with Gasteiger partial charge in [0.1, 0.15) is 11.5 Å². The fourth-order valence-corrected chi connectivity index (χ4v) is 3.36. The number of hydrogen-bond donors (Lipinski definition) is 1. The molecule has 1 atom stereocenters. The van der Waals surface area contributed by atoms with Gasteiger partial charge in [0, 0.05) is 17.9 Å². The summed E-state index contributed by atoms with van der Waals surface area (Å²) in [6.45, 7) is 2.56. The van der Waals surface area contributed by atoms with Crippen LogP contribution < -0.4 is 10.2 Å². The molecule has 0 bridgehead atoms. The van der Waals surface area contributed by atoms with Crippen LogP contribution in [0, 0.1) is 0 Å². The lowest BCUT2D eigenvalue weighted by molar-refractivity contribution is 0.0945. The summed E-state index contributed by atoms with van der Waals surface area (Å²) in [6, 6.07) is 19.9. The summed E-state index contributed by atoms with van der Waals surface area (Å²) in [5.41, 5.74) is 3.71. The van der Waals surface area contributed by atoms with Crippen molar-refractivity contribution in [3.63, 3.8) is 0 Å². The van der Waals surface area contributed by atoms with Crippen molar-refractivity contribution in [2.45, 2.75) is 25.9 Å². The minimum absolute atomic E-state index is 0.197. The van der Waals surface area contributed by atoms with Gasteiger partial charge < -0.3 is 10.2 Å². The maximum Gasteiger partial charge on any atom is 0.270 e. The van der Waals surface area contributed by atoms with Crippen LogP contribution in [0.1, 0.15) is 28.7 Å². The van der Waals surface area contributed by atoms with Gasteiger partial charge in [0.05, 0.1) is 12.2 Å². The van der Waals surface area contributed by atoms with Crippen LogP contribution in [0.5, 0.6) is 0 Å². The molecule has 5 nitrogen and oxygen atoms in total. The second kappa shape index (κ2) is 6.96. The fraction of sp³-hybridized carbons (Fsp3) is 0.190. The van der Waals surface area contributed by atoms with E-state index < -0.39 is 0 Å². The van der Waals surface area contributed by atoms with Crippen molar-refractivity contribution >= 4 is 17.4 Å². The summed E-state index contributed by atoms with van der Waals surface area (Å²) in [4.78, 5) is 23.5. The summed E-state index contributed by atoms with van der Waals surface area (Å²) < 4.78 is 0. The number of para-hydroxylation sites is 1. The third-order valence-electron chi connectivity index (χ3n) is 4.58. The Labute approximate surface area is 152 Å². The largest absolute Gasteiger partial charge is 0.345 e. The minimum atomic E-state index is -0.197. The van der Waals surface area contributed by atoms with E-state index in [1.54, 1.807) is 12.3 Å². The van der Waals surface area contributed by atoms with Crippen LogP contribution in [-0.4, -0.2) is 21.9 Å². The maximum absolute atomic E-state index is 12.5. The lowest BCUT2D eigenvalue weighted by Gasteiger charge is -2.24. The summed E-state index contributed by atoms with van der Waals surface area (Å²) in [7, 11) is 0. The Kier molecular flexibility index (Phi) is 4.35. The van der Waals surface area contributed by atoms with Gasteiger partial charge in [0.2, 0.25) is 0 Å². The molecular weight excluding hydrogens is 324 g/mol. The topological polar surface area (TPSA) is 58.1 Å². The van der Waals surface area contributed by atoms with Crippen molar-refractivity contribution in [3.05, 3.63) is 83.8 Å². The van der Waals surface area contributed by atoms with E-state index in [2.05, 4.69) is 45.3 Å². The molecule has 5 heteroatoms. The van der Waals surface area contributed by atoms with Gasteiger partial charge in [0.25, 0.3) is 5.91 Å². The zero-order chi connectivity index (χ0) is 17.9. The normalized spacial score (nSPS) is 15.6. The Balaban J connectivity index is 1.54. The molecule has 0 saturated heterocycles. The molecule has 0 aliphatic carbocycles. The molecule has 1 aromatic carbocycles. The number of benzene rings is 1. The number of amides is 1. The van der Waals surface area contributed by atoms with E-state index in [1.807, 2.05) is 36.4 Å². The maximum atomic E-state index is 12.5. The highest BCUT2D eigenvalue weighted by atomic mass is 16.1. The number of carbonyl (C=O) groups excluding carboxylic acids is 1. The summed E-state index contributed by atoms with van der Waals surface area (Å²) in [6.07, 6.45) is 2.69. The molecule has 3 heterocycles. The molecule has 3 aromatic rings. The fourth-order valence-electron chi connectivity index (χ4n) is 3.36. The quantitative estimate of drug-likeness (QED) is 0.787. The van der Waals surface area contributed by atoms with E-state index in [9.17, 15) is 4.79 Å². The van der Waals surface area contributed by atoms with E-state index in [1.165, 1.54) is 11.3 Å². The molecule has 2 aromatic heterocycles. The van der Waals surface area contributed by atoms with Gasteiger partial charge in [0.15, 0.2) is 0 Å². The van der Waals surface area contributed by atoms with E-state index in [-0.39, 0.29) is 5.91 Å². The third-order valence-corrected chi connectivity index (χ3v) is 4.58. The number of fused-ring (bicyclic) bond motifs is 1. The Morgan fingerprint density at radius 2 is 1.96 bits per heavy atom. The zero-order valence-electron chi connectivity index (χ0n) is 14.6. The van der Waals surface area contributed by atoms with Crippen molar-refractivity contribution in [3.8, 4) is 0 Å². The minimum Gasteiger partial charge on any atom is -0.345 e. The average Bonchev–Trinajstić information content (AvgIpc) is 3.02. The first kappa shape index (κ1) is 16.3. The molecule has 0 radical (unpaired) electrons. The standard InChI is InChI=1S/C21H20N4O/c1-15-13-16-7-2-3-10-19(16)25(15)20-11-6-9-18(24-20)21(26)23-14-17-8-4-5-12-22-17/h2-12,15H,13-14H2,1H3,(H,23,26). The van der Waals surface area contributed by atoms with Crippen LogP contribution in [-0.2, 0) is 13.0 Å². The summed E-state index contributed by atoms with van der Waals surface area (Å²) in [5, 5.41) is 2.88.